The van der Waals surface area contributed by atoms with Crippen LogP contribution in [0.5, 0.6) is 0 Å². The molecular weight excluding hydrogens is 228 g/mol. The molecule has 0 radical (unpaired) electrons. The monoisotopic (exact) mass is 256 g/mol. The van der Waals surface area contributed by atoms with Crippen LogP contribution < -0.4 is 5.73 Å². The summed E-state index contributed by atoms with van der Waals surface area (Å²) < 4.78 is 0. The second kappa shape index (κ2) is 6.38. The second-order valence-corrected chi connectivity index (χ2v) is 5.96. The standard InChI is InChI=1S/C13H28N4O/c1-5-11-10-17(9-8-16(11)4)7-6-13(2,3)12(14)15-18/h11,18H,5-10H2,1-4H3,(H2,14,15). The van der Waals surface area contributed by atoms with Crippen LogP contribution in [0.1, 0.15) is 33.6 Å². The van der Waals surface area contributed by atoms with Crippen molar-refractivity contribution in [3.05, 3.63) is 0 Å². The summed E-state index contributed by atoms with van der Waals surface area (Å²) in [6, 6.07) is 0.658. The highest BCUT2D eigenvalue weighted by atomic mass is 16.4. The van der Waals surface area contributed by atoms with E-state index >= 15 is 0 Å². The van der Waals surface area contributed by atoms with E-state index in [1.165, 1.54) is 6.42 Å². The van der Waals surface area contributed by atoms with Gasteiger partial charge in [0.2, 0.25) is 0 Å². The second-order valence-electron chi connectivity index (χ2n) is 5.96. The fraction of sp³-hybridized carbons (Fsp3) is 0.923. The van der Waals surface area contributed by atoms with Crippen LogP contribution in [0.4, 0.5) is 0 Å². The van der Waals surface area contributed by atoms with Crippen molar-refractivity contribution in [2.45, 2.75) is 39.7 Å². The van der Waals surface area contributed by atoms with E-state index in [0.717, 1.165) is 32.6 Å². The molecule has 0 aliphatic carbocycles. The van der Waals surface area contributed by atoms with Gasteiger partial charge in [0.05, 0.1) is 0 Å². The molecule has 0 saturated carbocycles. The number of oxime groups is 1. The molecule has 1 aliphatic heterocycles. The third kappa shape index (κ3) is 3.85. The Morgan fingerprint density at radius 1 is 1.44 bits per heavy atom. The number of nitrogens with two attached hydrogens (primary N) is 1. The lowest BCUT2D eigenvalue weighted by Crippen LogP contribution is -2.51. The molecule has 5 nitrogen and oxygen atoms in total. The number of hydrogen-bond acceptors (Lipinski definition) is 4. The van der Waals surface area contributed by atoms with Crippen LogP contribution in [-0.4, -0.2) is 60.1 Å². The van der Waals surface area contributed by atoms with Crippen LogP contribution >= 0.6 is 0 Å². The van der Waals surface area contributed by atoms with E-state index in [2.05, 4.69) is 28.9 Å². The predicted octanol–water partition coefficient (Wildman–Crippen LogP) is 1.18. The predicted molar refractivity (Wildman–Crippen MR) is 75.0 cm³/mol. The molecule has 106 valence electrons. The fourth-order valence-electron chi connectivity index (χ4n) is 2.36. The van der Waals surface area contributed by atoms with Crippen molar-refractivity contribution < 1.29 is 5.21 Å². The minimum Gasteiger partial charge on any atom is -0.409 e. The van der Waals surface area contributed by atoms with Gasteiger partial charge < -0.3 is 20.7 Å². The summed E-state index contributed by atoms with van der Waals surface area (Å²) in [6.07, 6.45) is 2.11. The molecule has 0 aromatic rings. The van der Waals surface area contributed by atoms with Crippen LogP contribution in [0.15, 0.2) is 5.16 Å². The number of likely N-dealkylation sites (N-methyl/N-ethyl adjacent to an activating group) is 1. The normalized spacial score (nSPS) is 24.4. The zero-order valence-corrected chi connectivity index (χ0v) is 12.2. The average molecular weight is 256 g/mol. The largest absolute Gasteiger partial charge is 0.409 e. The Morgan fingerprint density at radius 2 is 2.11 bits per heavy atom. The Balaban J connectivity index is 2.45. The minimum absolute atomic E-state index is 0.236. The molecule has 1 aliphatic rings. The van der Waals surface area contributed by atoms with Gasteiger partial charge in [0, 0.05) is 31.1 Å². The van der Waals surface area contributed by atoms with Crippen molar-refractivity contribution >= 4 is 5.84 Å². The fourth-order valence-corrected chi connectivity index (χ4v) is 2.36. The molecular formula is C13H28N4O. The van der Waals surface area contributed by atoms with Gasteiger partial charge in [-0.2, -0.15) is 0 Å². The highest BCUT2D eigenvalue weighted by molar-refractivity contribution is 5.85. The number of rotatable bonds is 5. The van der Waals surface area contributed by atoms with Crippen LogP contribution in [0, 0.1) is 5.41 Å². The lowest BCUT2D eigenvalue weighted by atomic mass is 9.87. The summed E-state index contributed by atoms with van der Waals surface area (Å²) >= 11 is 0. The summed E-state index contributed by atoms with van der Waals surface area (Å²) in [5, 5.41) is 11.9. The van der Waals surface area contributed by atoms with Gasteiger partial charge in [-0.25, -0.2) is 0 Å². The Hall–Kier alpha value is -0.810. The number of nitrogens with zero attached hydrogens (tertiary/aromatic N) is 3. The smallest absolute Gasteiger partial charge is 0.144 e. The molecule has 0 spiro atoms. The number of hydrogen-bond donors (Lipinski definition) is 2. The van der Waals surface area contributed by atoms with Gasteiger partial charge in [0.15, 0.2) is 0 Å². The summed E-state index contributed by atoms with van der Waals surface area (Å²) in [7, 11) is 2.20. The summed E-state index contributed by atoms with van der Waals surface area (Å²) in [6.45, 7) is 10.7. The van der Waals surface area contributed by atoms with Gasteiger partial charge in [0.25, 0.3) is 0 Å². The van der Waals surface area contributed by atoms with E-state index < -0.39 is 0 Å². The molecule has 1 heterocycles. The van der Waals surface area contributed by atoms with E-state index in [0.29, 0.717) is 11.9 Å². The number of amidine groups is 1. The summed E-state index contributed by atoms with van der Waals surface area (Å²) in [5.41, 5.74) is 5.48. The Kier molecular flexibility index (Phi) is 5.41. The maximum absolute atomic E-state index is 8.76. The van der Waals surface area contributed by atoms with Crippen molar-refractivity contribution in [3.63, 3.8) is 0 Å². The van der Waals surface area contributed by atoms with E-state index in [1.54, 1.807) is 0 Å². The van der Waals surface area contributed by atoms with Crippen LogP contribution in [0.3, 0.4) is 0 Å². The van der Waals surface area contributed by atoms with Crippen molar-refractivity contribution in [2.24, 2.45) is 16.3 Å². The van der Waals surface area contributed by atoms with Gasteiger partial charge in [-0.3, -0.25) is 0 Å². The molecule has 1 atom stereocenters. The molecule has 1 fully saturated rings. The molecule has 1 unspecified atom stereocenters. The molecule has 0 aromatic heterocycles. The van der Waals surface area contributed by atoms with Gasteiger partial charge in [0.1, 0.15) is 5.84 Å². The molecule has 0 bridgehead atoms. The van der Waals surface area contributed by atoms with Crippen LogP contribution in [0.2, 0.25) is 0 Å². The molecule has 3 N–H and O–H groups in total. The summed E-state index contributed by atoms with van der Waals surface area (Å²) in [5.74, 6) is 0.323. The first kappa shape index (κ1) is 15.2. The third-order valence-electron chi connectivity index (χ3n) is 4.19. The maximum Gasteiger partial charge on any atom is 0.144 e. The molecule has 1 rings (SSSR count). The van der Waals surface area contributed by atoms with Gasteiger partial charge >= 0.3 is 0 Å². The van der Waals surface area contributed by atoms with E-state index in [-0.39, 0.29) is 5.41 Å². The van der Waals surface area contributed by atoms with Crippen molar-refractivity contribution in [1.82, 2.24) is 9.80 Å². The first-order chi connectivity index (χ1) is 8.40. The van der Waals surface area contributed by atoms with Crippen LogP contribution in [0.25, 0.3) is 0 Å². The summed E-state index contributed by atoms with van der Waals surface area (Å²) in [4.78, 5) is 4.92. The Labute approximate surface area is 111 Å². The molecule has 5 heteroatoms. The third-order valence-corrected chi connectivity index (χ3v) is 4.19. The molecule has 18 heavy (non-hydrogen) atoms. The van der Waals surface area contributed by atoms with E-state index in [1.807, 2.05) is 13.8 Å². The lowest BCUT2D eigenvalue weighted by Gasteiger charge is -2.40. The highest BCUT2D eigenvalue weighted by Crippen LogP contribution is 2.22. The topological polar surface area (TPSA) is 65.1 Å². The van der Waals surface area contributed by atoms with Crippen molar-refractivity contribution in [2.75, 3.05) is 33.2 Å². The molecule has 1 saturated heterocycles. The van der Waals surface area contributed by atoms with Crippen molar-refractivity contribution in [3.8, 4) is 0 Å². The van der Waals surface area contributed by atoms with E-state index in [9.17, 15) is 0 Å². The van der Waals surface area contributed by atoms with Crippen LogP contribution in [-0.2, 0) is 0 Å². The Morgan fingerprint density at radius 3 is 2.67 bits per heavy atom. The minimum atomic E-state index is -0.236. The SMILES string of the molecule is CCC1CN(CCC(C)(C)C(N)=NO)CCN1C. The van der Waals surface area contributed by atoms with Gasteiger partial charge in [-0.1, -0.05) is 25.9 Å². The zero-order valence-electron chi connectivity index (χ0n) is 12.2. The first-order valence-electron chi connectivity index (χ1n) is 6.81. The maximum atomic E-state index is 8.76. The highest BCUT2D eigenvalue weighted by Gasteiger charge is 2.27. The number of piperazine rings is 1. The molecule has 0 amide bonds. The van der Waals surface area contributed by atoms with Gasteiger partial charge in [-0.15, -0.1) is 0 Å². The quantitative estimate of drug-likeness (QED) is 0.335. The van der Waals surface area contributed by atoms with E-state index in [4.69, 9.17) is 10.9 Å². The first-order valence-corrected chi connectivity index (χ1v) is 6.81. The zero-order chi connectivity index (χ0) is 13.8. The Bertz CT molecular complexity index is 291. The van der Waals surface area contributed by atoms with Crippen molar-refractivity contribution in [1.29, 1.82) is 0 Å². The average Bonchev–Trinajstić information content (AvgIpc) is 2.36. The molecule has 0 aromatic carbocycles. The van der Waals surface area contributed by atoms with Gasteiger partial charge in [-0.05, 0) is 26.4 Å². The lowest BCUT2D eigenvalue weighted by molar-refractivity contribution is 0.0876.